The van der Waals surface area contributed by atoms with Gasteiger partial charge in [0.2, 0.25) is 5.91 Å². The third-order valence-corrected chi connectivity index (χ3v) is 3.84. The summed E-state index contributed by atoms with van der Waals surface area (Å²) in [5.41, 5.74) is -0.137. The smallest absolute Gasteiger partial charge is 0.271 e. The summed E-state index contributed by atoms with van der Waals surface area (Å²) in [4.78, 5) is 34.9. The van der Waals surface area contributed by atoms with E-state index in [1.165, 1.54) is 29.0 Å². The minimum atomic E-state index is -0.544. The van der Waals surface area contributed by atoms with Gasteiger partial charge in [0.1, 0.15) is 12.3 Å². The van der Waals surface area contributed by atoms with Gasteiger partial charge in [-0.25, -0.2) is 0 Å². The second kappa shape index (κ2) is 7.06. The van der Waals surface area contributed by atoms with Crippen molar-refractivity contribution >= 4 is 28.1 Å². The molecule has 0 saturated heterocycles. The molecule has 3 rings (SSSR count). The van der Waals surface area contributed by atoms with Crippen molar-refractivity contribution in [2.75, 3.05) is 12.4 Å². The first kappa shape index (κ1) is 17.2. The van der Waals surface area contributed by atoms with Gasteiger partial charge in [0.25, 0.3) is 11.2 Å². The summed E-state index contributed by atoms with van der Waals surface area (Å²) >= 11 is 0. The lowest BCUT2D eigenvalue weighted by atomic mass is 10.1. The van der Waals surface area contributed by atoms with Gasteiger partial charge in [-0.05, 0) is 35.7 Å². The van der Waals surface area contributed by atoms with Crippen LogP contribution in [0.5, 0.6) is 5.75 Å². The minimum Gasteiger partial charge on any atom is -0.497 e. The summed E-state index contributed by atoms with van der Waals surface area (Å²) in [6.45, 7) is -0.205. The quantitative estimate of drug-likeness (QED) is 0.561. The molecule has 26 heavy (non-hydrogen) atoms. The summed E-state index contributed by atoms with van der Waals surface area (Å²) in [7, 11) is 1.54. The van der Waals surface area contributed by atoms with Gasteiger partial charge in [0, 0.05) is 29.4 Å². The lowest BCUT2D eigenvalue weighted by Gasteiger charge is -2.09. The van der Waals surface area contributed by atoms with Gasteiger partial charge in [-0.2, -0.15) is 0 Å². The lowest BCUT2D eigenvalue weighted by molar-refractivity contribution is -0.384. The van der Waals surface area contributed by atoms with Crippen LogP contribution in [-0.4, -0.2) is 22.5 Å². The highest BCUT2D eigenvalue weighted by Crippen LogP contribution is 2.18. The number of nitro groups is 1. The van der Waals surface area contributed by atoms with Gasteiger partial charge in [0.15, 0.2) is 0 Å². The van der Waals surface area contributed by atoms with Crippen molar-refractivity contribution in [2.45, 2.75) is 6.54 Å². The number of hydrogen-bond acceptors (Lipinski definition) is 5. The third kappa shape index (κ3) is 3.54. The zero-order valence-corrected chi connectivity index (χ0v) is 13.8. The molecule has 1 aromatic heterocycles. The Kier molecular flexibility index (Phi) is 4.66. The number of fused-ring (bicyclic) bond motifs is 1. The van der Waals surface area contributed by atoms with E-state index in [1.807, 2.05) is 0 Å². The first-order valence-electron chi connectivity index (χ1n) is 7.69. The molecule has 0 saturated carbocycles. The zero-order valence-electron chi connectivity index (χ0n) is 13.8. The van der Waals surface area contributed by atoms with Crippen LogP contribution in [0.1, 0.15) is 0 Å². The van der Waals surface area contributed by atoms with Crippen molar-refractivity contribution in [3.63, 3.8) is 0 Å². The average Bonchev–Trinajstić information content (AvgIpc) is 2.64. The Morgan fingerprint density at radius 3 is 2.77 bits per heavy atom. The van der Waals surface area contributed by atoms with E-state index in [-0.39, 0.29) is 17.8 Å². The molecule has 0 unspecified atom stereocenters. The average molecular weight is 353 g/mol. The number of hydrogen-bond donors (Lipinski definition) is 1. The number of anilines is 1. The predicted octanol–water partition coefficient (Wildman–Crippen LogP) is 2.56. The zero-order chi connectivity index (χ0) is 18.7. The van der Waals surface area contributed by atoms with Crippen LogP contribution in [0.4, 0.5) is 11.4 Å². The van der Waals surface area contributed by atoms with E-state index >= 15 is 0 Å². The Hall–Kier alpha value is -3.68. The molecular weight excluding hydrogens is 338 g/mol. The molecule has 132 valence electrons. The van der Waals surface area contributed by atoms with Crippen molar-refractivity contribution in [3.8, 4) is 5.75 Å². The molecule has 1 heterocycles. The maximum Gasteiger partial charge on any atom is 0.271 e. The Bertz CT molecular complexity index is 1060. The van der Waals surface area contributed by atoms with Crippen molar-refractivity contribution in [2.24, 2.45) is 0 Å². The molecule has 0 aliphatic carbocycles. The van der Waals surface area contributed by atoms with Crippen LogP contribution in [0.15, 0.2) is 59.5 Å². The molecule has 1 amide bonds. The molecule has 0 atom stereocenters. The van der Waals surface area contributed by atoms with Crippen LogP contribution in [0, 0.1) is 10.1 Å². The number of nitro benzene ring substituents is 1. The fourth-order valence-electron chi connectivity index (χ4n) is 2.57. The van der Waals surface area contributed by atoms with Gasteiger partial charge >= 0.3 is 0 Å². The summed E-state index contributed by atoms with van der Waals surface area (Å²) in [6, 6.07) is 12.4. The highest BCUT2D eigenvalue weighted by atomic mass is 16.6. The summed E-state index contributed by atoms with van der Waals surface area (Å²) < 4.78 is 6.41. The number of aromatic nitrogens is 1. The standard InChI is InChI=1S/C18H15N3O5/c1-26-15-5-6-16-12(9-15)7-8-20(18(16)23)11-17(22)19-13-3-2-4-14(10-13)21(24)25/h2-10H,11H2,1H3,(H,19,22). The molecule has 8 nitrogen and oxygen atoms in total. The second-order valence-corrected chi connectivity index (χ2v) is 5.56. The number of carbonyl (C=O) groups is 1. The maximum atomic E-state index is 12.5. The van der Waals surface area contributed by atoms with E-state index in [4.69, 9.17) is 4.74 Å². The summed E-state index contributed by atoms with van der Waals surface area (Å²) in [5, 5.41) is 14.5. The molecule has 2 aromatic carbocycles. The molecule has 0 spiro atoms. The second-order valence-electron chi connectivity index (χ2n) is 5.56. The number of benzene rings is 2. The van der Waals surface area contributed by atoms with Gasteiger partial charge in [-0.3, -0.25) is 19.7 Å². The molecule has 0 fully saturated rings. The molecule has 3 aromatic rings. The Labute approximate surface area is 147 Å². The maximum absolute atomic E-state index is 12.5. The fourth-order valence-corrected chi connectivity index (χ4v) is 2.57. The molecular formula is C18H15N3O5. The SMILES string of the molecule is COc1ccc2c(=O)n(CC(=O)Nc3cccc([N+](=O)[O-])c3)ccc2c1. The van der Waals surface area contributed by atoms with Crippen LogP contribution in [0.2, 0.25) is 0 Å². The largest absolute Gasteiger partial charge is 0.497 e. The number of pyridine rings is 1. The van der Waals surface area contributed by atoms with Gasteiger partial charge in [-0.15, -0.1) is 0 Å². The van der Waals surface area contributed by atoms with Crippen LogP contribution in [0.3, 0.4) is 0 Å². The van der Waals surface area contributed by atoms with Crippen molar-refractivity contribution in [1.82, 2.24) is 4.57 Å². The number of nitrogens with zero attached hydrogens (tertiary/aromatic N) is 2. The highest BCUT2D eigenvalue weighted by molar-refractivity contribution is 5.91. The molecule has 0 radical (unpaired) electrons. The van der Waals surface area contributed by atoms with Crippen molar-refractivity contribution < 1.29 is 14.5 Å². The number of methoxy groups -OCH3 is 1. The van der Waals surface area contributed by atoms with Gasteiger partial charge in [-0.1, -0.05) is 6.07 Å². The lowest BCUT2D eigenvalue weighted by Crippen LogP contribution is -2.27. The van der Waals surface area contributed by atoms with Crippen LogP contribution in [-0.2, 0) is 11.3 Å². The van der Waals surface area contributed by atoms with E-state index < -0.39 is 10.8 Å². The number of non-ortho nitro benzene ring substituents is 1. The normalized spacial score (nSPS) is 10.5. The Balaban J connectivity index is 1.81. The monoisotopic (exact) mass is 353 g/mol. The topological polar surface area (TPSA) is 103 Å². The predicted molar refractivity (Wildman–Crippen MR) is 96.5 cm³/mol. The van der Waals surface area contributed by atoms with Crippen molar-refractivity contribution in [1.29, 1.82) is 0 Å². The van der Waals surface area contributed by atoms with Gasteiger partial charge < -0.3 is 14.6 Å². The van der Waals surface area contributed by atoms with E-state index in [0.717, 1.165) is 0 Å². The van der Waals surface area contributed by atoms with Crippen LogP contribution >= 0.6 is 0 Å². The van der Waals surface area contributed by atoms with Gasteiger partial charge in [0.05, 0.1) is 12.0 Å². The molecule has 0 bridgehead atoms. The number of carbonyl (C=O) groups excluding carboxylic acids is 1. The van der Waals surface area contributed by atoms with E-state index in [1.54, 1.807) is 37.4 Å². The molecule has 0 aliphatic rings. The first-order valence-corrected chi connectivity index (χ1v) is 7.69. The first-order chi connectivity index (χ1) is 12.5. The van der Waals surface area contributed by atoms with Crippen LogP contribution < -0.4 is 15.6 Å². The third-order valence-electron chi connectivity index (χ3n) is 3.84. The molecule has 0 aliphatic heterocycles. The minimum absolute atomic E-state index is 0.125. The Morgan fingerprint density at radius 1 is 1.23 bits per heavy atom. The van der Waals surface area contributed by atoms with E-state index in [2.05, 4.69) is 5.32 Å². The summed E-state index contributed by atoms with van der Waals surface area (Å²) in [6.07, 6.45) is 1.52. The fraction of sp³-hybridized carbons (Fsp3) is 0.111. The van der Waals surface area contributed by atoms with Crippen LogP contribution in [0.25, 0.3) is 10.8 Å². The number of rotatable bonds is 5. The molecule has 8 heteroatoms. The van der Waals surface area contributed by atoms with E-state index in [9.17, 15) is 19.7 Å². The highest BCUT2D eigenvalue weighted by Gasteiger charge is 2.10. The Morgan fingerprint density at radius 2 is 2.04 bits per heavy atom. The molecule has 1 N–H and O–H groups in total. The summed E-state index contributed by atoms with van der Waals surface area (Å²) in [5.74, 6) is 0.179. The number of nitrogens with one attached hydrogen (secondary N) is 1. The van der Waals surface area contributed by atoms with E-state index in [0.29, 0.717) is 22.2 Å². The number of ether oxygens (including phenoxy) is 1. The van der Waals surface area contributed by atoms with Crippen molar-refractivity contribution in [3.05, 3.63) is 75.2 Å². The number of amides is 1.